The van der Waals surface area contributed by atoms with Crippen molar-refractivity contribution in [2.24, 2.45) is 0 Å². The van der Waals surface area contributed by atoms with Crippen LogP contribution in [0.4, 0.5) is 5.69 Å². The minimum atomic E-state index is -2.35. The van der Waals surface area contributed by atoms with E-state index in [9.17, 15) is 23.7 Å². The molecule has 0 bridgehead atoms. The van der Waals surface area contributed by atoms with Crippen molar-refractivity contribution in [2.45, 2.75) is 5.75 Å². The van der Waals surface area contributed by atoms with E-state index < -0.39 is 27.7 Å². The molecule has 1 atom stereocenters. The first-order valence-corrected chi connectivity index (χ1v) is 5.86. The molecule has 0 aliphatic heterocycles. The van der Waals surface area contributed by atoms with Crippen LogP contribution in [0.5, 0.6) is 5.75 Å². The van der Waals surface area contributed by atoms with Gasteiger partial charge in [-0.25, -0.2) is 4.79 Å². The first-order chi connectivity index (χ1) is 8.43. The molecule has 0 aliphatic rings. The van der Waals surface area contributed by atoms with Gasteiger partial charge >= 0.3 is 11.7 Å². The molecule has 7 nitrogen and oxygen atoms in total. The van der Waals surface area contributed by atoms with E-state index in [1.807, 2.05) is 0 Å². The summed E-state index contributed by atoms with van der Waals surface area (Å²) in [4.78, 5) is 21.0. The Kier molecular flexibility index (Phi) is 4.69. The lowest BCUT2D eigenvalue weighted by Gasteiger charge is -2.07. The number of nitro benzene ring substituents is 1. The second-order valence-corrected chi connectivity index (χ2v) is 4.03. The van der Waals surface area contributed by atoms with Gasteiger partial charge in [-0.05, 0) is 11.6 Å². The molecule has 18 heavy (non-hydrogen) atoms. The van der Waals surface area contributed by atoms with Crippen molar-refractivity contribution in [1.29, 1.82) is 0 Å². The Hall–Kier alpha value is -2.06. The van der Waals surface area contributed by atoms with Gasteiger partial charge in [-0.2, -0.15) is 0 Å². The third-order valence-electron chi connectivity index (χ3n) is 1.88. The molecule has 0 spiro atoms. The zero-order valence-corrected chi connectivity index (χ0v) is 9.85. The predicted molar refractivity (Wildman–Crippen MR) is 61.6 cm³/mol. The van der Waals surface area contributed by atoms with Crippen LogP contribution in [0.1, 0.15) is 5.56 Å². The molecular formula is C10H8NO6S-. The summed E-state index contributed by atoms with van der Waals surface area (Å²) in [5, 5.41) is 10.8. The predicted octanol–water partition coefficient (Wildman–Crippen LogP) is 1.07. The number of carbonyl (C=O) groups excluding carboxylic acids is 1. The van der Waals surface area contributed by atoms with Crippen LogP contribution < -0.4 is 4.74 Å². The second kappa shape index (κ2) is 6.03. The van der Waals surface area contributed by atoms with Gasteiger partial charge in [0.05, 0.1) is 4.92 Å². The highest BCUT2D eigenvalue weighted by Gasteiger charge is 2.17. The number of nitrogens with zero attached hydrogens (tertiary/aromatic N) is 1. The van der Waals surface area contributed by atoms with Gasteiger partial charge in [0.15, 0.2) is 0 Å². The van der Waals surface area contributed by atoms with E-state index in [1.165, 1.54) is 12.1 Å². The Morgan fingerprint density at radius 2 is 2.22 bits per heavy atom. The van der Waals surface area contributed by atoms with E-state index in [4.69, 9.17) is 0 Å². The molecule has 0 N–H and O–H groups in total. The van der Waals surface area contributed by atoms with Crippen LogP contribution in [-0.4, -0.2) is 19.7 Å². The molecule has 8 heteroatoms. The largest absolute Gasteiger partial charge is 0.772 e. The fourth-order valence-electron chi connectivity index (χ4n) is 1.17. The highest BCUT2D eigenvalue weighted by molar-refractivity contribution is 7.78. The van der Waals surface area contributed by atoms with Gasteiger partial charge in [0.1, 0.15) is 0 Å². The SMILES string of the molecule is C=CC(=O)Oc1ccc(CS(=O)[O-])cc1[N+](=O)[O-]. The lowest BCUT2D eigenvalue weighted by atomic mass is 10.2. The Bertz CT molecular complexity index is 527. The maximum atomic E-state index is 11.0. The molecule has 0 radical (unpaired) electrons. The van der Waals surface area contributed by atoms with Crippen molar-refractivity contribution in [3.63, 3.8) is 0 Å². The van der Waals surface area contributed by atoms with Crippen LogP contribution in [0.15, 0.2) is 30.9 Å². The summed E-state index contributed by atoms with van der Waals surface area (Å²) in [6, 6.07) is 3.54. The molecule has 1 aromatic carbocycles. The number of benzene rings is 1. The molecule has 0 saturated heterocycles. The van der Waals surface area contributed by atoms with E-state index in [0.717, 1.165) is 12.1 Å². The Labute approximate surface area is 105 Å². The third-order valence-corrected chi connectivity index (χ3v) is 2.45. The molecule has 1 rings (SSSR count). The lowest BCUT2D eigenvalue weighted by Crippen LogP contribution is -2.06. The van der Waals surface area contributed by atoms with Crippen molar-refractivity contribution < 1.29 is 23.2 Å². The standard InChI is InChI=1S/C10H9NO6S/c1-2-10(12)17-9-4-3-7(6-18(15)16)5-8(9)11(13)14/h2-5H,1,6H2,(H,15,16)/p-1. The highest BCUT2D eigenvalue weighted by Crippen LogP contribution is 2.28. The van der Waals surface area contributed by atoms with E-state index in [0.29, 0.717) is 0 Å². The molecule has 0 saturated carbocycles. The molecule has 1 unspecified atom stereocenters. The van der Waals surface area contributed by atoms with E-state index in [1.54, 1.807) is 0 Å². The number of ether oxygens (including phenoxy) is 1. The molecule has 96 valence electrons. The fourth-order valence-corrected chi connectivity index (χ4v) is 1.62. The summed E-state index contributed by atoms with van der Waals surface area (Å²) >= 11 is -2.35. The normalized spacial score (nSPS) is 11.6. The van der Waals surface area contributed by atoms with Crippen LogP contribution in [0.25, 0.3) is 0 Å². The van der Waals surface area contributed by atoms with Crippen molar-refractivity contribution in [2.75, 3.05) is 0 Å². The van der Waals surface area contributed by atoms with Gasteiger partial charge in [0.2, 0.25) is 5.75 Å². The number of rotatable bonds is 5. The first kappa shape index (κ1) is 14.0. The van der Waals surface area contributed by atoms with Crippen LogP contribution in [0, 0.1) is 10.1 Å². The second-order valence-electron chi connectivity index (χ2n) is 3.13. The molecule has 0 aromatic heterocycles. The quantitative estimate of drug-likeness (QED) is 0.197. The van der Waals surface area contributed by atoms with E-state index in [-0.39, 0.29) is 17.1 Å². The van der Waals surface area contributed by atoms with Crippen molar-refractivity contribution in [3.05, 3.63) is 46.5 Å². The molecule has 0 amide bonds. The first-order valence-electron chi connectivity index (χ1n) is 4.61. The minimum Gasteiger partial charge on any atom is -0.772 e. The highest BCUT2D eigenvalue weighted by atomic mass is 32.2. The van der Waals surface area contributed by atoms with Gasteiger partial charge in [-0.15, -0.1) is 0 Å². The number of esters is 1. The van der Waals surface area contributed by atoms with Gasteiger partial charge in [-0.3, -0.25) is 14.3 Å². The lowest BCUT2D eigenvalue weighted by molar-refractivity contribution is -0.385. The number of hydrogen-bond donors (Lipinski definition) is 0. The maximum absolute atomic E-state index is 11.0. The smallest absolute Gasteiger partial charge is 0.335 e. The van der Waals surface area contributed by atoms with Crippen molar-refractivity contribution in [3.8, 4) is 5.75 Å². The minimum absolute atomic E-state index is 0.230. The van der Waals surface area contributed by atoms with E-state index in [2.05, 4.69) is 11.3 Å². The van der Waals surface area contributed by atoms with Crippen LogP contribution in [0.3, 0.4) is 0 Å². The number of carbonyl (C=O) groups is 1. The number of hydrogen-bond acceptors (Lipinski definition) is 6. The van der Waals surface area contributed by atoms with Gasteiger partial charge < -0.3 is 9.29 Å². The molecule has 1 aromatic rings. The number of nitro groups is 1. The average Bonchev–Trinajstić information content (AvgIpc) is 2.29. The van der Waals surface area contributed by atoms with Gasteiger partial charge in [0, 0.05) is 17.9 Å². The van der Waals surface area contributed by atoms with Gasteiger partial charge in [-0.1, -0.05) is 23.7 Å². The van der Waals surface area contributed by atoms with Crippen LogP contribution in [-0.2, 0) is 21.6 Å². The summed E-state index contributed by atoms with van der Waals surface area (Å²) in [7, 11) is 0. The zero-order chi connectivity index (χ0) is 13.7. The molecule has 0 fully saturated rings. The summed E-state index contributed by atoms with van der Waals surface area (Å²) in [6.45, 7) is 3.16. The van der Waals surface area contributed by atoms with E-state index >= 15 is 0 Å². The zero-order valence-electron chi connectivity index (χ0n) is 9.03. The Balaban J connectivity index is 3.11. The van der Waals surface area contributed by atoms with Crippen molar-refractivity contribution >= 4 is 22.7 Å². The van der Waals surface area contributed by atoms with Crippen LogP contribution >= 0.6 is 0 Å². The Morgan fingerprint density at radius 1 is 1.56 bits per heavy atom. The van der Waals surface area contributed by atoms with Gasteiger partial charge in [0.25, 0.3) is 0 Å². The summed E-state index contributed by atoms with van der Waals surface area (Å²) in [5.74, 6) is -1.44. The van der Waals surface area contributed by atoms with Crippen LogP contribution in [0.2, 0.25) is 0 Å². The topological polar surface area (TPSA) is 110 Å². The average molecular weight is 270 g/mol. The molecule has 0 heterocycles. The Morgan fingerprint density at radius 3 is 2.72 bits per heavy atom. The monoisotopic (exact) mass is 270 g/mol. The summed E-state index contributed by atoms with van der Waals surface area (Å²) in [5.41, 5.74) is -0.249. The fraction of sp³-hybridized carbons (Fsp3) is 0.100. The summed E-state index contributed by atoms with van der Waals surface area (Å²) < 4.78 is 25.6. The van der Waals surface area contributed by atoms with Crippen molar-refractivity contribution in [1.82, 2.24) is 0 Å². The summed E-state index contributed by atoms with van der Waals surface area (Å²) in [6.07, 6.45) is 0.865. The third kappa shape index (κ3) is 3.75. The molecular weight excluding hydrogens is 262 g/mol. The maximum Gasteiger partial charge on any atom is 0.335 e. The molecule has 0 aliphatic carbocycles.